The van der Waals surface area contributed by atoms with Crippen LogP contribution >= 0.6 is 11.3 Å². The molecule has 1 fully saturated rings. The number of aromatic nitrogens is 1. The van der Waals surface area contributed by atoms with E-state index in [4.69, 9.17) is 10.5 Å². The Hall–Kier alpha value is -1.42. The minimum atomic E-state index is -0.146. The molecule has 1 saturated heterocycles. The summed E-state index contributed by atoms with van der Waals surface area (Å²) in [5.41, 5.74) is 5.32. The molecule has 1 amide bonds. The highest BCUT2D eigenvalue weighted by atomic mass is 32.1. The molecule has 1 aromatic rings. The lowest BCUT2D eigenvalue weighted by molar-refractivity contribution is -0.121. The first-order valence-electron chi connectivity index (χ1n) is 6.64. The molecule has 0 aromatic carbocycles. The molecule has 0 aliphatic carbocycles. The van der Waals surface area contributed by atoms with Crippen LogP contribution in [0.3, 0.4) is 0 Å². The number of thiazole rings is 1. The first-order valence-corrected chi connectivity index (χ1v) is 7.45. The Bertz CT molecular complexity index is 546. The molecule has 4 atom stereocenters. The first-order chi connectivity index (χ1) is 9.52. The average molecular weight is 293 g/mol. The number of hydrogen-bond acceptors (Lipinski definition) is 5. The van der Waals surface area contributed by atoms with E-state index in [0.717, 1.165) is 4.88 Å². The number of nitrogens with two attached hydrogens (primary N) is 1. The van der Waals surface area contributed by atoms with Gasteiger partial charge in [-0.25, -0.2) is 4.98 Å². The van der Waals surface area contributed by atoms with Crippen molar-refractivity contribution in [3.63, 3.8) is 0 Å². The fourth-order valence-corrected chi connectivity index (χ4v) is 3.13. The molecule has 0 radical (unpaired) electrons. The fourth-order valence-electron chi connectivity index (χ4n) is 2.44. The van der Waals surface area contributed by atoms with E-state index in [0.29, 0.717) is 11.7 Å². The lowest BCUT2D eigenvalue weighted by Crippen LogP contribution is -2.31. The van der Waals surface area contributed by atoms with Crippen molar-refractivity contribution in [2.75, 3.05) is 11.9 Å². The lowest BCUT2D eigenvalue weighted by Gasteiger charge is -2.16. The number of hydrogen-bond donors (Lipinski definition) is 2. The quantitative estimate of drug-likeness (QED) is 0.809. The summed E-state index contributed by atoms with van der Waals surface area (Å²) >= 11 is 1.35. The van der Waals surface area contributed by atoms with Crippen molar-refractivity contribution in [1.82, 2.24) is 4.98 Å². The lowest BCUT2D eigenvalue weighted by atomic mass is 9.89. The summed E-state index contributed by atoms with van der Waals surface area (Å²) in [6.07, 6.45) is 1.67. The van der Waals surface area contributed by atoms with Crippen LogP contribution in [0.2, 0.25) is 0 Å². The van der Waals surface area contributed by atoms with Crippen molar-refractivity contribution in [2.24, 2.45) is 17.6 Å². The number of nitrogens with one attached hydrogen (secondary N) is 1. The standard InChI is InChI=1S/C14H19N3O2S/c1-8-9(2)19-10(3)12(8)13(18)17-14-16-7-11(20-14)5-4-6-15/h7-10,12H,6,15H2,1-3H3,(H,16,17,18). The Labute approximate surface area is 122 Å². The second-order valence-corrected chi connectivity index (χ2v) is 5.99. The Morgan fingerprint density at radius 1 is 1.50 bits per heavy atom. The summed E-state index contributed by atoms with van der Waals surface area (Å²) in [4.78, 5) is 17.3. The predicted molar refractivity (Wildman–Crippen MR) is 79.3 cm³/mol. The molecular formula is C14H19N3O2S. The maximum absolute atomic E-state index is 12.3. The third-order valence-electron chi connectivity index (χ3n) is 3.59. The molecular weight excluding hydrogens is 274 g/mol. The SMILES string of the molecule is CC1OC(C)C(C(=O)Nc2ncc(C#CCN)s2)C1C. The molecule has 108 valence electrons. The van der Waals surface area contributed by atoms with Gasteiger partial charge in [0, 0.05) is 0 Å². The summed E-state index contributed by atoms with van der Waals surface area (Å²) in [6, 6.07) is 0. The molecule has 20 heavy (non-hydrogen) atoms. The summed E-state index contributed by atoms with van der Waals surface area (Å²) in [7, 11) is 0. The smallest absolute Gasteiger partial charge is 0.232 e. The molecule has 2 heterocycles. The van der Waals surface area contributed by atoms with E-state index in [1.54, 1.807) is 6.20 Å². The van der Waals surface area contributed by atoms with Crippen molar-refractivity contribution in [3.05, 3.63) is 11.1 Å². The van der Waals surface area contributed by atoms with Crippen molar-refractivity contribution in [1.29, 1.82) is 0 Å². The maximum Gasteiger partial charge on any atom is 0.232 e. The van der Waals surface area contributed by atoms with Crippen molar-refractivity contribution in [2.45, 2.75) is 33.0 Å². The molecule has 0 saturated carbocycles. The zero-order valence-corrected chi connectivity index (χ0v) is 12.7. The minimum Gasteiger partial charge on any atom is -0.374 e. The summed E-state index contributed by atoms with van der Waals surface area (Å²) in [5, 5.41) is 3.42. The van der Waals surface area contributed by atoms with E-state index >= 15 is 0 Å². The fraction of sp³-hybridized carbons (Fsp3) is 0.571. The van der Waals surface area contributed by atoms with Gasteiger partial charge in [-0.05, 0) is 19.8 Å². The topological polar surface area (TPSA) is 77.2 Å². The number of amides is 1. The van der Waals surface area contributed by atoms with Gasteiger partial charge in [0.05, 0.1) is 35.7 Å². The van der Waals surface area contributed by atoms with Gasteiger partial charge in [0.2, 0.25) is 5.91 Å². The molecule has 3 N–H and O–H groups in total. The maximum atomic E-state index is 12.3. The third kappa shape index (κ3) is 3.18. The minimum absolute atomic E-state index is 0.0398. The largest absolute Gasteiger partial charge is 0.374 e. The molecule has 6 heteroatoms. The zero-order valence-electron chi connectivity index (χ0n) is 11.8. The Morgan fingerprint density at radius 2 is 2.25 bits per heavy atom. The molecule has 0 spiro atoms. The van der Waals surface area contributed by atoms with Crippen LogP contribution in [0, 0.1) is 23.7 Å². The molecule has 4 unspecified atom stereocenters. The van der Waals surface area contributed by atoms with Crippen molar-refractivity contribution < 1.29 is 9.53 Å². The van der Waals surface area contributed by atoms with Crippen LogP contribution in [0.1, 0.15) is 25.6 Å². The predicted octanol–water partition coefficient (Wildman–Crippen LogP) is 1.45. The highest BCUT2D eigenvalue weighted by molar-refractivity contribution is 7.16. The van der Waals surface area contributed by atoms with Gasteiger partial charge in [-0.3, -0.25) is 4.79 Å². The first kappa shape index (κ1) is 15.0. The number of nitrogens with zero attached hydrogens (tertiary/aromatic N) is 1. The van der Waals surface area contributed by atoms with E-state index < -0.39 is 0 Å². The number of carbonyl (C=O) groups excluding carboxylic acids is 1. The highest BCUT2D eigenvalue weighted by Crippen LogP contribution is 2.33. The van der Waals surface area contributed by atoms with Crippen LogP contribution in [0.15, 0.2) is 6.20 Å². The normalized spacial score (nSPS) is 28.8. The van der Waals surface area contributed by atoms with Crippen LogP contribution in [0.5, 0.6) is 0 Å². The Balaban J connectivity index is 2.03. The van der Waals surface area contributed by atoms with Crippen molar-refractivity contribution >= 4 is 22.4 Å². The third-order valence-corrected chi connectivity index (χ3v) is 4.42. The van der Waals surface area contributed by atoms with Crippen LogP contribution < -0.4 is 11.1 Å². The second-order valence-electron chi connectivity index (χ2n) is 4.96. The molecule has 1 aliphatic rings. The van der Waals surface area contributed by atoms with Gasteiger partial charge in [0.25, 0.3) is 0 Å². The monoisotopic (exact) mass is 293 g/mol. The summed E-state index contributed by atoms with van der Waals surface area (Å²) in [6.45, 7) is 6.28. The van der Waals surface area contributed by atoms with Crippen LogP contribution in [-0.2, 0) is 9.53 Å². The van der Waals surface area contributed by atoms with Gasteiger partial charge in [-0.2, -0.15) is 0 Å². The van der Waals surface area contributed by atoms with Gasteiger partial charge in [-0.15, -0.1) is 0 Å². The Kier molecular flexibility index (Phi) is 4.76. The van der Waals surface area contributed by atoms with Crippen LogP contribution in [0.25, 0.3) is 0 Å². The zero-order chi connectivity index (χ0) is 14.7. The molecule has 1 aliphatic heterocycles. The van der Waals surface area contributed by atoms with E-state index in [-0.39, 0.29) is 30.0 Å². The number of carbonyl (C=O) groups is 1. The summed E-state index contributed by atoms with van der Waals surface area (Å²) in [5.74, 6) is 5.67. The summed E-state index contributed by atoms with van der Waals surface area (Å²) < 4.78 is 5.69. The number of rotatable bonds is 2. The molecule has 1 aromatic heterocycles. The molecule has 5 nitrogen and oxygen atoms in total. The number of ether oxygens (including phenoxy) is 1. The number of anilines is 1. The van der Waals surface area contributed by atoms with Gasteiger partial charge >= 0.3 is 0 Å². The van der Waals surface area contributed by atoms with Crippen molar-refractivity contribution in [3.8, 4) is 11.8 Å². The molecule has 2 rings (SSSR count). The average Bonchev–Trinajstić information content (AvgIpc) is 2.93. The molecule has 0 bridgehead atoms. The van der Waals surface area contributed by atoms with Gasteiger partial charge in [-0.1, -0.05) is 30.1 Å². The van der Waals surface area contributed by atoms with Gasteiger partial charge in [0.15, 0.2) is 5.13 Å². The van der Waals surface area contributed by atoms with Gasteiger partial charge in [0.1, 0.15) is 0 Å². The van der Waals surface area contributed by atoms with E-state index in [2.05, 4.69) is 22.1 Å². The van der Waals surface area contributed by atoms with Gasteiger partial charge < -0.3 is 15.8 Å². The second kappa shape index (κ2) is 6.35. The van der Waals surface area contributed by atoms with Crippen LogP contribution in [0.4, 0.5) is 5.13 Å². The van der Waals surface area contributed by atoms with E-state index in [1.807, 2.05) is 20.8 Å². The van der Waals surface area contributed by atoms with E-state index in [1.165, 1.54) is 11.3 Å². The Morgan fingerprint density at radius 3 is 2.85 bits per heavy atom. The van der Waals surface area contributed by atoms with Crippen LogP contribution in [-0.4, -0.2) is 29.6 Å². The highest BCUT2D eigenvalue weighted by Gasteiger charge is 2.41. The van der Waals surface area contributed by atoms with E-state index in [9.17, 15) is 4.79 Å².